The average Bonchev–Trinajstić information content (AvgIpc) is 3.43. The van der Waals surface area contributed by atoms with Crippen molar-refractivity contribution < 1.29 is 26.7 Å². The van der Waals surface area contributed by atoms with Gasteiger partial charge >= 0.3 is 6.18 Å². The molecule has 3 aromatic heterocycles. The van der Waals surface area contributed by atoms with E-state index in [2.05, 4.69) is 20.1 Å². The van der Waals surface area contributed by atoms with Crippen molar-refractivity contribution in [1.29, 1.82) is 0 Å². The summed E-state index contributed by atoms with van der Waals surface area (Å²) in [5.74, 6) is -0.864. The molecule has 1 amide bonds. The minimum absolute atomic E-state index is 0.125. The molecule has 1 aliphatic rings. The van der Waals surface area contributed by atoms with Crippen LogP contribution >= 0.6 is 0 Å². The molecule has 176 valence electrons. The van der Waals surface area contributed by atoms with Crippen LogP contribution in [0.3, 0.4) is 0 Å². The fourth-order valence-corrected chi connectivity index (χ4v) is 4.27. The fourth-order valence-electron chi connectivity index (χ4n) is 4.27. The van der Waals surface area contributed by atoms with Gasteiger partial charge in [-0.25, -0.2) is 13.8 Å². The maximum atomic E-state index is 13.8. The number of aromatic amines is 1. The normalized spacial score (nSPS) is 16.3. The van der Waals surface area contributed by atoms with Crippen LogP contribution in [0.15, 0.2) is 48.9 Å². The van der Waals surface area contributed by atoms with Crippen LogP contribution in [0.5, 0.6) is 0 Å². The van der Waals surface area contributed by atoms with Gasteiger partial charge in [-0.1, -0.05) is 24.3 Å². The summed E-state index contributed by atoms with van der Waals surface area (Å²) < 4.78 is 66.3. The van der Waals surface area contributed by atoms with E-state index >= 15 is 0 Å². The number of pyridine rings is 1. The lowest BCUT2D eigenvalue weighted by molar-refractivity contribution is -0.143. The lowest BCUT2D eigenvalue weighted by atomic mass is 9.97. The molecule has 5 rings (SSSR count). The number of carbonyl (C=O) groups excluding carboxylic acids is 1. The largest absolute Gasteiger partial charge is 0.408 e. The first-order chi connectivity index (χ1) is 16.2. The number of fused-ring (bicyclic) bond motifs is 2. The predicted octanol–water partition coefficient (Wildman–Crippen LogP) is 4.44. The van der Waals surface area contributed by atoms with E-state index in [4.69, 9.17) is 0 Å². The molecule has 0 spiro atoms. The molecule has 12 heteroatoms. The minimum atomic E-state index is -4.78. The zero-order valence-corrected chi connectivity index (χ0v) is 17.4. The summed E-state index contributed by atoms with van der Waals surface area (Å²) in [7, 11) is 0. The molecule has 34 heavy (non-hydrogen) atoms. The molecule has 0 radical (unpaired) electrons. The third-order valence-electron chi connectivity index (χ3n) is 5.73. The molecule has 1 aliphatic heterocycles. The summed E-state index contributed by atoms with van der Waals surface area (Å²) in [4.78, 5) is 26.8. The maximum Gasteiger partial charge on any atom is 0.408 e. The van der Waals surface area contributed by atoms with Gasteiger partial charge < -0.3 is 9.88 Å². The van der Waals surface area contributed by atoms with E-state index in [1.807, 2.05) is 24.3 Å². The molecule has 7 nitrogen and oxygen atoms in total. The molecule has 0 saturated carbocycles. The highest BCUT2D eigenvalue weighted by atomic mass is 19.4. The average molecular weight is 476 g/mol. The van der Waals surface area contributed by atoms with Gasteiger partial charge in [0.05, 0.1) is 35.0 Å². The predicted molar refractivity (Wildman–Crippen MR) is 110 cm³/mol. The Bertz CT molecular complexity index is 1360. The van der Waals surface area contributed by atoms with Gasteiger partial charge in [-0.2, -0.15) is 18.3 Å². The van der Waals surface area contributed by atoms with E-state index in [0.29, 0.717) is 23.3 Å². The van der Waals surface area contributed by atoms with Gasteiger partial charge in [0.1, 0.15) is 18.3 Å². The van der Waals surface area contributed by atoms with Crippen molar-refractivity contribution in [2.45, 2.75) is 31.6 Å². The van der Waals surface area contributed by atoms with Crippen molar-refractivity contribution in [3.63, 3.8) is 0 Å². The van der Waals surface area contributed by atoms with Gasteiger partial charge in [0.25, 0.3) is 12.3 Å². The number of aromatic nitrogens is 5. The number of imidazole rings is 1. The number of hydrogen-bond acceptors (Lipinski definition) is 4. The molecule has 4 aromatic rings. The number of nitrogens with zero attached hydrogens (tertiary/aromatic N) is 5. The summed E-state index contributed by atoms with van der Waals surface area (Å²) >= 11 is 0. The molecule has 0 aliphatic carbocycles. The molecule has 0 saturated heterocycles. The van der Waals surface area contributed by atoms with Crippen LogP contribution in [0.4, 0.5) is 22.0 Å². The van der Waals surface area contributed by atoms with Crippen molar-refractivity contribution in [1.82, 2.24) is 29.6 Å². The highest BCUT2D eigenvalue weighted by Gasteiger charge is 2.39. The number of alkyl halides is 5. The topological polar surface area (TPSA) is 79.7 Å². The smallest absolute Gasteiger partial charge is 0.348 e. The number of para-hydroxylation sites is 1. The van der Waals surface area contributed by atoms with Crippen LogP contribution in [0.2, 0.25) is 0 Å². The quantitative estimate of drug-likeness (QED) is 0.442. The van der Waals surface area contributed by atoms with Crippen molar-refractivity contribution >= 4 is 16.8 Å². The van der Waals surface area contributed by atoms with Gasteiger partial charge in [-0.15, -0.1) is 0 Å². The number of benzene rings is 1. The third-order valence-corrected chi connectivity index (χ3v) is 5.73. The Balaban J connectivity index is 1.59. The number of carbonyl (C=O) groups is 1. The standard InChI is InChI=1S/C22H17F5N6O/c23-20(24)18-13(9-30-33(18)10-22(25,26)27)21(34)32-8-7-15-17(29-11-28-15)19(32)16-6-5-12-3-1-2-4-14(12)31-16/h1-6,9,11,19-20H,7-8,10H2,(H,28,29)/t19-/m0/s1. The second-order valence-electron chi connectivity index (χ2n) is 7.86. The molecule has 0 bridgehead atoms. The number of rotatable bonds is 4. The Labute approximate surface area is 189 Å². The van der Waals surface area contributed by atoms with Gasteiger partial charge in [-0.3, -0.25) is 14.5 Å². The first-order valence-corrected chi connectivity index (χ1v) is 10.3. The van der Waals surface area contributed by atoms with Gasteiger partial charge in [0.15, 0.2) is 0 Å². The zero-order valence-electron chi connectivity index (χ0n) is 17.4. The number of H-pyrrole nitrogens is 1. The van der Waals surface area contributed by atoms with Crippen LogP contribution in [-0.2, 0) is 13.0 Å². The molecular formula is C22H17F5N6O. The highest BCUT2D eigenvalue weighted by Crippen LogP contribution is 2.36. The molecular weight excluding hydrogens is 459 g/mol. The van der Waals surface area contributed by atoms with Crippen molar-refractivity contribution in [2.75, 3.05) is 6.54 Å². The van der Waals surface area contributed by atoms with Crippen molar-refractivity contribution in [3.8, 4) is 0 Å². The van der Waals surface area contributed by atoms with Gasteiger partial charge in [-0.05, 0) is 12.1 Å². The van der Waals surface area contributed by atoms with E-state index in [-0.39, 0.29) is 11.2 Å². The summed E-state index contributed by atoms with van der Waals surface area (Å²) in [6.07, 6.45) is -5.50. The van der Waals surface area contributed by atoms with Crippen LogP contribution < -0.4 is 0 Å². The Kier molecular flexibility index (Phi) is 5.29. The van der Waals surface area contributed by atoms with Crippen LogP contribution in [-0.4, -0.2) is 48.3 Å². The minimum Gasteiger partial charge on any atom is -0.348 e. The summed E-state index contributed by atoms with van der Waals surface area (Å²) in [5.41, 5.74) is 0.751. The number of amides is 1. The first kappa shape index (κ1) is 22.0. The SMILES string of the molecule is O=C(c1cnn(CC(F)(F)F)c1C(F)F)N1CCc2[nH]cnc2[C@@H]1c1ccc2ccccc2n1. The Morgan fingerprint density at radius 3 is 2.74 bits per heavy atom. The molecule has 1 atom stereocenters. The summed E-state index contributed by atoms with van der Waals surface area (Å²) in [6.45, 7) is -1.60. The Morgan fingerprint density at radius 1 is 1.18 bits per heavy atom. The van der Waals surface area contributed by atoms with E-state index in [9.17, 15) is 26.7 Å². The monoisotopic (exact) mass is 476 g/mol. The Hall–Kier alpha value is -3.83. The zero-order chi connectivity index (χ0) is 24.0. The summed E-state index contributed by atoms with van der Waals surface area (Å²) in [5, 5.41) is 4.31. The van der Waals surface area contributed by atoms with E-state index in [0.717, 1.165) is 17.3 Å². The number of halogens is 5. The first-order valence-electron chi connectivity index (χ1n) is 10.3. The fraction of sp³-hybridized carbons (Fsp3) is 0.273. The second-order valence-corrected chi connectivity index (χ2v) is 7.86. The van der Waals surface area contributed by atoms with Crippen LogP contribution in [0.1, 0.15) is 45.6 Å². The molecule has 0 unspecified atom stereocenters. The van der Waals surface area contributed by atoms with Crippen LogP contribution in [0.25, 0.3) is 10.9 Å². The van der Waals surface area contributed by atoms with E-state index in [1.165, 1.54) is 11.2 Å². The van der Waals surface area contributed by atoms with E-state index in [1.54, 1.807) is 12.1 Å². The van der Waals surface area contributed by atoms with Crippen molar-refractivity contribution in [2.24, 2.45) is 0 Å². The van der Waals surface area contributed by atoms with Gasteiger partial charge in [0, 0.05) is 24.0 Å². The molecule has 0 fully saturated rings. The lowest BCUT2D eigenvalue weighted by Gasteiger charge is -2.34. The van der Waals surface area contributed by atoms with Crippen molar-refractivity contribution in [3.05, 3.63) is 77.3 Å². The Morgan fingerprint density at radius 2 is 1.97 bits per heavy atom. The molecule has 1 aromatic carbocycles. The second kappa shape index (κ2) is 8.19. The maximum absolute atomic E-state index is 13.8. The molecule has 1 N–H and O–H groups in total. The lowest BCUT2D eigenvalue weighted by Crippen LogP contribution is -2.41. The highest BCUT2D eigenvalue weighted by molar-refractivity contribution is 5.96. The third kappa shape index (κ3) is 3.88. The number of hydrogen-bond donors (Lipinski definition) is 1. The summed E-state index contributed by atoms with van der Waals surface area (Å²) in [6, 6.07) is 10.1. The van der Waals surface area contributed by atoms with Gasteiger partial charge in [0.2, 0.25) is 0 Å². The molecule has 4 heterocycles. The van der Waals surface area contributed by atoms with Crippen LogP contribution in [0, 0.1) is 0 Å². The van der Waals surface area contributed by atoms with E-state index < -0.39 is 42.4 Å². The number of nitrogens with one attached hydrogen (secondary N) is 1.